The van der Waals surface area contributed by atoms with Crippen LogP contribution in [0.1, 0.15) is 24.0 Å². The minimum Gasteiger partial charge on any atom is -0.384 e. The molecule has 0 spiro atoms. The van der Waals surface area contributed by atoms with Crippen LogP contribution in [0, 0.1) is 17.2 Å². The molecule has 1 saturated heterocycles. The highest BCUT2D eigenvalue weighted by atomic mass is 19.4. The third-order valence-corrected chi connectivity index (χ3v) is 3.89. The summed E-state index contributed by atoms with van der Waals surface area (Å²) in [6.07, 6.45) is -2.30. The lowest BCUT2D eigenvalue weighted by Crippen LogP contribution is -2.33. The van der Waals surface area contributed by atoms with Crippen LogP contribution in [-0.4, -0.2) is 31.6 Å². The SMILES string of the molecule is CN1CCC(CNc2ccc(C(F)(F)F)cc2C#N)CC1. The third kappa shape index (κ3) is 4.11. The lowest BCUT2D eigenvalue weighted by molar-refractivity contribution is -0.137. The molecule has 21 heavy (non-hydrogen) atoms. The smallest absolute Gasteiger partial charge is 0.384 e. The van der Waals surface area contributed by atoms with Crippen molar-refractivity contribution < 1.29 is 13.2 Å². The van der Waals surface area contributed by atoms with Crippen LogP contribution in [0.15, 0.2) is 18.2 Å². The minimum atomic E-state index is -4.42. The lowest BCUT2D eigenvalue weighted by atomic mass is 9.97. The average Bonchev–Trinajstić information content (AvgIpc) is 2.45. The molecule has 1 heterocycles. The zero-order chi connectivity index (χ0) is 15.5. The fourth-order valence-corrected chi connectivity index (χ4v) is 2.49. The van der Waals surface area contributed by atoms with Crippen molar-refractivity contribution in [1.82, 2.24) is 4.90 Å². The number of likely N-dealkylation sites (tertiary alicyclic amines) is 1. The van der Waals surface area contributed by atoms with Gasteiger partial charge in [-0.2, -0.15) is 18.4 Å². The van der Waals surface area contributed by atoms with E-state index < -0.39 is 11.7 Å². The second-order valence-electron chi connectivity index (χ2n) is 5.50. The van der Waals surface area contributed by atoms with E-state index >= 15 is 0 Å². The Balaban J connectivity index is 2.02. The normalized spacial score (nSPS) is 17.5. The summed E-state index contributed by atoms with van der Waals surface area (Å²) in [6.45, 7) is 2.75. The summed E-state index contributed by atoms with van der Waals surface area (Å²) in [5, 5.41) is 12.1. The number of benzene rings is 1. The van der Waals surface area contributed by atoms with Crippen molar-refractivity contribution in [2.45, 2.75) is 19.0 Å². The molecule has 0 amide bonds. The fourth-order valence-electron chi connectivity index (χ4n) is 2.49. The quantitative estimate of drug-likeness (QED) is 0.930. The predicted octanol–water partition coefficient (Wildman–Crippen LogP) is 3.33. The molecule has 0 aromatic heterocycles. The van der Waals surface area contributed by atoms with Crippen LogP contribution in [0.25, 0.3) is 0 Å². The number of nitrogens with zero attached hydrogens (tertiary/aromatic N) is 2. The third-order valence-electron chi connectivity index (χ3n) is 3.89. The molecular weight excluding hydrogens is 279 g/mol. The molecular formula is C15H18F3N3. The molecule has 0 saturated carbocycles. The number of rotatable bonds is 3. The van der Waals surface area contributed by atoms with Crippen molar-refractivity contribution in [2.24, 2.45) is 5.92 Å². The molecule has 1 N–H and O–H groups in total. The summed E-state index contributed by atoms with van der Waals surface area (Å²) in [5.41, 5.74) is -0.272. The second-order valence-corrected chi connectivity index (χ2v) is 5.50. The van der Waals surface area contributed by atoms with Gasteiger partial charge in [0.25, 0.3) is 0 Å². The molecule has 3 nitrogen and oxygen atoms in total. The number of piperidine rings is 1. The van der Waals surface area contributed by atoms with Crippen LogP contribution >= 0.6 is 0 Å². The second kappa shape index (κ2) is 6.35. The number of hydrogen-bond acceptors (Lipinski definition) is 3. The van der Waals surface area contributed by atoms with Crippen molar-refractivity contribution in [3.8, 4) is 6.07 Å². The van der Waals surface area contributed by atoms with E-state index in [-0.39, 0.29) is 5.56 Å². The van der Waals surface area contributed by atoms with E-state index in [0.29, 0.717) is 18.2 Å². The first-order chi connectivity index (χ1) is 9.90. The van der Waals surface area contributed by atoms with Gasteiger partial charge in [-0.15, -0.1) is 0 Å². The number of nitriles is 1. The molecule has 0 aliphatic carbocycles. The molecule has 0 unspecified atom stereocenters. The maximum Gasteiger partial charge on any atom is 0.416 e. The predicted molar refractivity (Wildman–Crippen MR) is 74.9 cm³/mol. The molecule has 1 aliphatic rings. The molecule has 0 radical (unpaired) electrons. The van der Waals surface area contributed by atoms with Crippen LogP contribution in [0.3, 0.4) is 0 Å². The molecule has 114 valence electrons. The number of alkyl halides is 3. The summed E-state index contributed by atoms with van der Waals surface area (Å²) < 4.78 is 37.8. The van der Waals surface area contributed by atoms with Gasteiger partial charge in [0.2, 0.25) is 0 Å². The number of halogens is 3. The Morgan fingerprint density at radius 1 is 1.33 bits per heavy atom. The van der Waals surface area contributed by atoms with Crippen LogP contribution in [0.4, 0.5) is 18.9 Å². The van der Waals surface area contributed by atoms with E-state index in [1.807, 2.05) is 6.07 Å². The molecule has 1 aliphatic heterocycles. The Morgan fingerprint density at radius 2 is 2.00 bits per heavy atom. The minimum absolute atomic E-state index is 0.0396. The maximum absolute atomic E-state index is 12.6. The van der Waals surface area contributed by atoms with Gasteiger partial charge in [0.05, 0.1) is 16.8 Å². The Hall–Kier alpha value is -1.74. The van der Waals surface area contributed by atoms with Gasteiger partial charge in [-0.1, -0.05) is 0 Å². The lowest BCUT2D eigenvalue weighted by Gasteiger charge is -2.29. The van der Waals surface area contributed by atoms with Crippen molar-refractivity contribution in [3.63, 3.8) is 0 Å². The molecule has 1 aromatic carbocycles. The van der Waals surface area contributed by atoms with Crippen molar-refractivity contribution in [1.29, 1.82) is 5.26 Å². The van der Waals surface area contributed by atoms with Crippen molar-refractivity contribution >= 4 is 5.69 Å². The molecule has 0 bridgehead atoms. The molecule has 2 rings (SSSR count). The average molecular weight is 297 g/mol. The molecule has 6 heteroatoms. The number of nitrogens with one attached hydrogen (secondary N) is 1. The number of anilines is 1. The van der Waals surface area contributed by atoms with E-state index in [2.05, 4.69) is 17.3 Å². The van der Waals surface area contributed by atoms with E-state index in [4.69, 9.17) is 5.26 Å². The summed E-state index contributed by atoms with van der Waals surface area (Å²) in [7, 11) is 2.08. The standard InChI is InChI=1S/C15H18F3N3/c1-21-6-4-11(5-7-21)10-20-14-3-2-13(15(16,17)18)8-12(14)9-19/h2-3,8,11,20H,4-7,10H2,1H3. The molecule has 1 aromatic rings. The first kappa shape index (κ1) is 15.6. The first-order valence-electron chi connectivity index (χ1n) is 6.94. The van der Waals surface area contributed by atoms with Gasteiger partial charge >= 0.3 is 6.18 Å². The van der Waals surface area contributed by atoms with E-state index in [1.54, 1.807) is 0 Å². The van der Waals surface area contributed by atoms with Crippen LogP contribution in [-0.2, 0) is 6.18 Å². The first-order valence-corrected chi connectivity index (χ1v) is 6.94. The Bertz CT molecular complexity index is 526. The van der Waals surface area contributed by atoms with Gasteiger partial charge in [-0.05, 0) is 57.1 Å². The highest BCUT2D eigenvalue weighted by Crippen LogP contribution is 2.31. The van der Waals surface area contributed by atoms with Crippen molar-refractivity contribution in [3.05, 3.63) is 29.3 Å². The largest absolute Gasteiger partial charge is 0.416 e. The van der Waals surface area contributed by atoms with Gasteiger partial charge in [0, 0.05) is 6.54 Å². The summed E-state index contributed by atoms with van der Waals surface area (Å²) in [4.78, 5) is 2.26. The number of hydrogen-bond donors (Lipinski definition) is 1. The van der Waals surface area contributed by atoms with E-state index in [1.165, 1.54) is 6.07 Å². The van der Waals surface area contributed by atoms with Gasteiger partial charge in [0.15, 0.2) is 0 Å². The van der Waals surface area contributed by atoms with E-state index in [9.17, 15) is 13.2 Å². The highest BCUT2D eigenvalue weighted by Gasteiger charge is 2.31. The Morgan fingerprint density at radius 3 is 2.57 bits per heavy atom. The van der Waals surface area contributed by atoms with Crippen LogP contribution < -0.4 is 5.32 Å². The maximum atomic E-state index is 12.6. The van der Waals surface area contributed by atoms with Gasteiger partial charge in [0.1, 0.15) is 6.07 Å². The van der Waals surface area contributed by atoms with Crippen LogP contribution in [0.5, 0.6) is 0 Å². The van der Waals surface area contributed by atoms with Gasteiger partial charge < -0.3 is 10.2 Å². The zero-order valence-electron chi connectivity index (χ0n) is 11.9. The van der Waals surface area contributed by atoms with Crippen LogP contribution in [0.2, 0.25) is 0 Å². The van der Waals surface area contributed by atoms with Gasteiger partial charge in [-0.25, -0.2) is 0 Å². The van der Waals surface area contributed by atoms with Gasteiger partial charge in [-0.3, -0.25) is 0 Å². The zero-order valence-corrected chi connectivity index (χ0v) is 11.9. The highest BCUT2D eigenvalue weighted by molar-refractivity contribution is 5.59. The monoisotopic (exact) mass is 297 g/mol. The molecule has 0 atom stereocenters. The molecule has 1 fully saturated rings. The summed E-state index contributed by atoms with van der Waals surface area (Å²) >= 11 is 0. The fraction of sp³-hybridized carbons (Fsp3) is 0.533. The summed E-state index contributed by atoms with van der Waals surface area (Å²) in [6, 6.07) is 5.09. The van der Waals surface area contributed by atoms with E-state index in [0.717, 1.165) is 38.1 Å². The Labute approximate surface area is 122 Å². The topological polar surface area (TPSA) is 39.1 Å². The van der Waals surface area contributed by atoms with Crippen molar-refractivity contribution in [2.75, 3.05) is 32.0 Å². The summed E-state index contributed by atoms with van der Waals surface area (Å²) in [5.74, 6) is 0.495. The Kier molecular flexibility index (Phi) is 4.73.